The largest absolute Gasteiger partial charge is 0.316 e. The van der Waals surface area contributed by atoms with Crippen LogP contribution in [0.3, 0.4) is 0 Å². The van der Waals surface area contributed by atoms with E-state index in [9.17, 15) is 0 Å². The number of pyridine rings is 1. The minimum absolute atomic E-state index is 0.819. The minimum Gasteiger partial charge on any atom is -0.316 e. The van der Waals surface area contributed by atoms with Crippen LogP contribution in [0.2, 0.25) is 0 Å². The molecule has 1 aromatic heterocycles. The maximum Gasteiger partial charge on any atom is 0.0588 e. The van der Waals surface area contributed by atoms with Crippen LogP contribution in [0.1, 0.15) is 37.4 Å². The van der Waals surface area contributed by atoms with Gasteiger partial charge in [0.25, 0.3) is 0 Å². The van der Waals surface area contributed by atoms with Crippen molar-refractivity contribution in [1.82, 2.24) is 15.2 Å². The Bertz CT molecular complexity index is 347. The Morgan fingerprint density at radius 2 is 2.29 bits per heavy atom. The lowest BCUT2D eigenvalue weighted by molar-refractivity contribution is 0.251. The summed E-state index contributed by atoms with van der Waals surface area (Å²) in [6.07, 6.45) is 5.87. The molecular formula is C14H23N3. The molecule has 0 radical (unpaired) electrons. The highest BCUT2D eigenvalue weighted by Crippen LogP contribution is 2.28. The zero-order chi connectivity index (χ0) is 12.1. The van der Waals surface area contributed by atoms with Crippen LogP contribution in [0.25, 0.3) is 0 Å². The van der Waals surface area contributed by atoms with Gasteiger partial charge in [0.1, 0.15) is 0 Å². The van der Waals surface area contributed by atoms with Gasteiger partial charge in [-0.25, -0.2) is 0 Å². The number of aromatic nitrogens is 1. The fourth-order valence-corrected chi connectivity index (χ4v) is 2.28. The molecule has 1 heterocycles. The fourth-order valence-electron chi connectivity index (χ4n) is 2.28. The zero-order valence-electron chi connectivity index (χ0n) is 10.9. The van der Waals surface area contributed by atoms with Crippen LogP contribution in [0.15, 0.2) is 18.3 Å². The van der Waals surface area contributed by atoms with Gasteiger partial charge < -0.3 is 5.32 Å². The molecule has 0 atom stereocenters. The molecule has 1 aliphatic rings. The van der Waals surface area contributed by atoms with Gasteiger partial charge in [-0.2, -0.15) is 0 Å². The Labute approximate surface area is 104 Å². The maximum absolute atomic E-state index is 4.55. The summed E-state index contributed by atoms with van der Waals surface area (Å²) >= 11 is 0. The number of hydrogen-bond donors (Lipinski definition) is 1. The molecule has 3 heteroatoms. The lowest BCUT2D eigenvalue weighted by atomic mass is 10.1. The van der Waals surface area contributed by atoms with Gasteiger partial charge in [-0.3, -0.25) is 9.88 Å². The quantitative estimate of drug-likeness (QED) is 0.782. The van der Waals surface area contributed by atoms with E-state index < -0.39 is 0 Å². The van der Waals surface area contributed by atoms with E-state index in [2.05, 4.69) is 28.2 Å². The summed E-state index contributed by atoms with van der Waals surface area (Å²) < 4.78 is 0. The molecule has 1 aromatic rings. The second kappa shape index (κ2) is 6.12. The Morgan fingerprint density at radius 1 is 1.47 bits per heavy atom. The highest BCUT2D eigenvalue weighted by Gasteiger charge is 2.28. The fraction of sp³-hybridized carbons (Fsp3) is 0.643. The average Bonchev–Trinajstić information content (AvgIpc) is 3.15. The molecule has 2 rings (SSSR count). The summed E-state index contributed by atoms with van der Waals surface area (Å²) in [4.78, 5) is 7.13. The normalized spacial score (nSPS) is 15.5. The topological polar surface area (TPSA) is 28.2 Å². The minimum atomic E-state index is 0.819. The number of nitrogens with zero attached hydrogens (tertiary/aromatic N) is 2. The number of rotatable bonds is 7. The van der Waals surface area contributed by atoms with Gasteiger partial charge >= 0.3 is 0 Å². The van der Waals surface area contributed by atoms with Crippen LogP contribution in [0.5, 0.6) is 0 Å². The van der Waals surface area contributed by atoms with Crippen molar-refractivity contribution in [2.75, 3.05) is 13.6 Å². The molecule has 0 amide bonds. The van der Waals surface area contributed by atoms with Crippen LogP contribution in [0.4, 0.5) is 0 Å². The first-order chi connectivity index (χ1) is 8.35. The standard InChI is InChI=1S/C14H23N3/c1-3-9-17(13-6-7-13)11-14-12(10-15-2)5-4-8-16-14/h4-5,8,13,15H,3,6-7,9-11H2,1-2H3. The molecule has 17 heavy (non-hydrogen) atoms. The summed E-state index contributed by atoms with van der Waals surface area (Å²) in [5.74, 6) is 0. The average molecular weight is 233 g/mol. The van der Waals surface area contributed by atoms with Crippen LogP contribution < -0.4 is 5.32 Å². The molecule has 1 saturated carbocycles. The van der Waals surface area contributed by atoms with E-state index in [1.807, 2.05) is 19.3 Å². The van der Waals surface area contributed by atoms with E-state index in [4.69, 9.17) is 0 Å². The van der Waals surface area contributed by atoms with Crippen molar-refractivity contribution in [3.63, 3.8) is 0 Å². The monoisotopic (exact) mass is 233 g/mol. The molecule has 0 bridgehead atoms. The number of hydrogen-bond acceptors (Lipinski definition) is 3. The molecule has 0 saturated heterocycles. The molecule has 1 aliphatic carbocycles. The predicted octanol–water partition coefficient (Wildman–Crippen LogP) is 2.18. The smallest absolute Gasteiger partial charge is 0.0588 e. The SMILES string of the molecule is CCCN(Cc1ncccc1CNC)C1CC1. The highest BCUT2D eigenvalue weighted by molar-refractivity contribution is 5.19. The Hall–Kier alpha value is -0.930. The summed E-state index contributed by atoms with van der Waals surface area (Å²) in [6.45, 7) is 5.37. The van der Waals surface area contributed by atoms with Crippen molar-refractivity contribution in [2.24, 2.45) is 0 Å². The van der Waals surface area contributed by atoms with E-state index in [-0.39, 0.29) is 0 Å². The molecule has 94 valence electrons. The van der Waals surface area contributed by atoms with Crippen LogP contribution in [-0.2, 0) is 13.1 Å². The Balaban J connectivity index is 2.04. The summed E-state index contributed by atoms with van der Waals surface area (Å²) in [5, 5.41) is 3.22. The third-order valence-electron chi connectivity index (χ3n) is 3.28. The summed E-state index contributed by atoms with van der Waals surface area (Å²) in [7, 11) is 1.99. The zero-order valence-corrected chi connectivity index (χ0v) is 10.9. The van der Waals surface area contributed by atoms with Gasteiger partial charge in [0.15, 0.2) is 0 Å². The van der Waals surface area contributed by atoms with Gasteiger partial charge in [0.2, 0.25) is 0 Å². The van der Waals surface area contributed by atoms with Crippen molar-refractivity contribution in [1.29, 1.82) is 0 Å². The Kier molecular flexibility index (Phi) is 4.51. The first-order valence-electron chi connectivity index (χ1n) is 6.66. The van der Waals surface area contributed by atoms with Crippen molar-refractivity contribution < 1.29 is 0 Å². The maximum atomic E-state index is 4.55. The Morgan fingerprint density at radius 3 is 2.94 bits per heavy atom. The van der Waals surface area contributed by atoms with Crippen LogP contribution >= 0.6 is 0 Å². The predicted molar refractivity (Wildman–Crippen MR) is 70.7 cm³/mol. The molecular weight excluding hydrogens is 210 g/mol. The first-order valence-corrected chi connectivity index (χ1v) is 6.66. The third kappa shape index (κ3) is 3.51. The summed E-state index contributed by atoms with van der Waals surface area (Å²) in [6, 6.07) is 5.02. The second-order valence-corrected chi connectivity index (χ2v) is 4.84. The van der Waals surface area contributed by atoms with Gasteiger partial charge in [-0.15, -0.1) is 0 Å². The van der Waals surface area contributed by atoms with Crippen molar-refractivity contribution in [3.05, 3.63) is 29.6 Å². The molecule has 0 unspecified atom stereocenters. The van der Waals surface area contributed by atoms with Gasteiger partial charge in [0.05, 0.1) is 5.69 Å². The highest BCUT2D eigenvalue weighted by atomic mass is 15.2. The van der Waals surface area contributed by atoms with Crippen molar-refractivity contribution >= 4 is 0 Å². The molecule has 1 fully saturated rings. The lowest BCUT2D eigenvalue weighted by Gasteiger charge is -2.22. The third-order valence-corrected chi connectivity index (χ3v) is 3.28. The van der Waals surface area contributed by atoms with Crippen LogP contribution in [-0.4, -0.2) is 29.5 Å². The van der Waals surface area contributed by atoms with E-state index in [0.29, 0.717) is 0 Å². The van der Waals surface area contributed by atoms with E-state index in [0.717, 1.165) is 19.1 Å². The van der Waals surface area contributed by atoms with E-state index in [1.54, 1.807) is 0 Å². The molecule has 0 aliphatic heterocycles. The van der Waals surface area contributed by atoms with Gasteiger partial charge in [-0.1, -0.05) is 13.0 Å². The number of nitrogens with one attached hydrogen (secondary N) is 1. The molecule has 0 spiro atoms. The van der Waals surface area contributed by atoms with Crippen molar-refractivity contribution in [3.8, 4) is 0 Å². The van der Waals surface area contributed by atoms with E-state index in [1.165, 1.54) is 37.1 Å². The molecule has 1 N–H and O–H groups in total. The van der Waals surface area contributed by atoms with Crippen molar-refractivity contribution in [2.45, 2.75) is 45.3 Å². The van der Waals surface area contributed by atoms with Gasteiger partial charge in [-0.05, 0) is 44.5 Å². The molecule has 0 aromatic carbocycles. The summed E-state index contributed by atoms with van der Waals surface area (Å²) in [5.41, 5.74) is 2.57. The van der Waals surface area contributed by atoms with Crippen LogP contribution in [0, 0.1) is 0 Å². The second-order valence-electron chi connectivity index (χ2n) is 4.84. The lowest BCUT2D eigenvalue weighted by Crippen LogP contribution is -2.27. The van der Waals surface area contributed by atoms with E-state index >= 15 is 0 Å². The first kappa shape index (κ1) is 12.5. The van der Waals surface area contributed by atoms with Gasteiger partial charge in [0, 0.05) is 25.3 Å². The molecule has 3 nitrogen and oxygen atoms in total.